The summed E-state index contributed by atoms with van der Waals surface area (Å²) in [5.41, 5.74) is 2.80. The van der Waals surface area contributed by atoms with Crippen molar-refractivity contribution in [3.8, 4) is 5.75 Å². The first-order valence-electron chi connectivity index (χ1n) is 5.06. The molecule has 0 saturated carbocycles. The van der Waals surface area contributed by atoms with Crippen LogP contribution in [0.2, 0.25) is 0 Å². The Bertz CT molecular complexity index is 344. The lowest BCUT2D eigenvalue weighted by Gasteiger charge is -2.34. The molecule has 0 atom stereocenters. The van der Waals surface area contributed by atoms with E-state index in [1.807, 2.05) is 6.07 Å². The van der Waals surface area contributed by atoms with Gasteiger partial charge in [-0.3, -0.25) is 0 Å². The molecule has 0 saturated heterocycles. The van der Waals surface area contributed by atoms with E-state index in [0.29, 0.717) is 0 Å². The van der Waals surface area contributed by atoms with Crippen molar-refractivity contribution in [3.63, 3.8) is 0 Å². The highest BCUT2D eigenvalue weighted by molar-refractivity contribution is 5.45. The lowest BCUT2D eigenvalue weighted by atomic mass is 9.85. The van der Waals surface area contributed by atoms with Crippen LogP contribution >= 0.6 is 0 Å². The minimum Gasteiger partial charge on any atom is -0.496 e. The average Bonchev–Trinajstić information content (AvgIpc) is 2.17. The predicted octanol–water partition coefficient (Wildman–Crippen LogP) is 2.08. The molecular formula is C12H17NO. The van der Waals surface area contributed by atoms with Gasteiger partial charge in [-0.1, -0.05) is 12.1 Å². The second-order valence-electron chi connectivity index (χ2n) is 4.29. The molecule has 1 aliphatic heterocycles. The van der Waals surface area contributed by atoms with E-state index in [-0.39, 0.29) is 5.54 Å². The zero-order valence-electron chi connectivity index (χ0n) is 9.05. The summed E-state index contributed by atoms with van der Waals surface area (Å²) >= 11 is 0. The van der Waals surface area contributed by atoms with Gasteiger partial charge in [0.05, 0.1) is 7.11 Å². The smallest absolute Gasteiger partial charge is 0.122 e. The number of fused-ring (bicyclic) bond motifs is 1. The van der Waals surface area contributed by atoms with Crippen LogP contribution in [0.25, 0.3) is 0 Å². The largest absolute Gasteiger partial charge is 0.496 e. The normalized spacial score (nSPS) is 18.8. The molecule has 76 valence electrons. The lowest BCUT2D eigenvalue weighted by molar-refractivity contribution is 0.362. The summed E-state index contributed by atoms with van der Waals surface area (Å²) in [6, 6.07) is 6.29. The van der Waals surface area contributed by atoms with Gasteiger partial charge in [0.25, 0.3) is 0 Å². The van der Waals surface area contributed by atoms with E-state index in [2.05, 4.69) is 31.3 Å². The molecule has 0 unspecified atom stereocenters. The van der Waals surface area contributed by atoms with E-state index in [0.717, 1.165) is 18.7 Å². The molecule has 1 heterocycles. The van der Waals surface area contributed by atoms with E-state index in [9.17, 15) is 0 Å². The Morgan fingerprint density at radius 1 is 1.36 bits per heavy atom. The third-order valence-electron chi connectivity index (χ3n) is 2.97. The van der Waals surface area contributed by atoms with Crippen molar-refractivity contribution in [2.24, 2.45) is 0 Å². The standard InChI is InChI=1S/C12H17NO/c1-12(2)10-5-4-6-11(14-3)9(10)7-8-13-12/h4-6,13H,7-8H2,1-3H3. The van der Waals surface area contributed by atoms with Crippen molar-refractivity contribution in [2.75, 3.05) is 13.7 Å². The molecule has 14 heavy (non-hydrogen) atoms. The Kier molecular flexibility index (Phi) is 2.23. The molecule has 0 fully saturated rings. The fraction of sp³-hybridized carbons (Fsp3) is 0.500. The Hall–Kier alpha value is -1.02. The van der Waals surface area contributed by atoms with Crippen molar-refractivity contribution < 1.29 is 4.74 Å². The molecule has 1 aliphatic rings. The second-order valence-corrected chi connectivity index (χ2v) is 4.29. The van der Waals surface area contributed by atoms with E-state index in [1.54, 1.807) is 7.11 Å². The SMILES string of the molecule is COc1cccc2c1CCNC2(C)C. The zero-order chi connectivity index (χ0) is 10.2. The molecule has 0 aliphatic carbocycles. The topological polar surface area (TPSA) is 21.3 Å². The number of methoxy groups -OCH3 is 1. The van der Waals surface area contributed by atoms with Crippen molar-refractivity contribution >= 4 is 0 Å². The van der Waals surface area contributed by atoms with Crippen LogP contribution in [0.4, 0.5) is 0 Å². The van der Waals surface area contributed by atoms with Gasteiger partial charge in [-0.2, -0.15) is 0 Å². The Labute approximate surface area is 85.3 Å². The highest BCUT2D eigenvalue weighted by Crippen LogP contribution is 2.33. The maximum atomic E-state index is 5.38. The summed E-state index contributed by atoms with van der Waals surface area (Å²) in [6.45, 7) is 5.45. The van der Waals surface area contributed by atoms with Crippen molar-refractivity contribution in [1.82, 2.24) is 5.32 Å². The van der Waals surface area contributed by atoms with Gasteiger partial charge in [0.2, 0.25) is 0 Å². The maximum absolute atomic E-state index is 5.38. The van der Waals surface area contributed by atoms with Crippen LogP contribution in [-0.2, 0) is 12.0 Å². The third-order valence-corrected chi connectivity index (χ3v) is 2.97. The lowest BCUT2D eigenvalue weighted by Crippen LogP contribution is -2.42. The van der Waals surface area contributed by atoms with Crippen molar-refractivity contribution in [2.45, 2.75) is 25.8 Å². The number of ether oxygens (including phenoxy) is 1. The van der Waals surface area contributed by atoms with Crippen molar-refractivity contribution in [3.05, 3.63) is 29.3 Å². The second kappa shape index (κ2) is 3.28. The van der Waals surface area contributed by atoms with Gasteiger partial charge in [-0.05, 0) is 31.9 Å². The Morgan fingerprint density at radius 2 is 2.14 bits per heavy atom. The quantitative estimate of drug-likeness (QED) is 0.733. The summed E-state index contributed by atoms with van der Waals surface area (Å²) < 4.78 is 5.38. The van der Waals surface area contributed by atoms with Crippen LogP contribution in [0.1, 0.15) is 25.0 Å². The van der Waals surface area contributed by atoms with E-state index >= 15 is 0 Å². The van der Waals surface area contributed by atoms with E-state index in [1.165, 1.54) is 11.1 Å². The first-order valence-corrected chi connectivity index (χ1v) is 5.06. The molecule has 2 heteroatoms. The first kappa shape index (κ1) is 9.53. The summed E-state index contributed by atoms with van der Waals surface area (Å²) in [4.78, 5) is 0. The first-order chi connectivity index (χ1) is 6.65. The highest BCUT2D eigenvalue weighted by Gasteiger charge is 2.28. The van der Waals surface area contributed by atoms with Crippen LogP contribution in [0.5, 0.6) is 5.75 Å². The number of hydrogen-bond donors (Lipinski definition) is 1. The summed E-state index contributed by atoms with van der Waals surface area (Å²) in [7, 11) is 1.74. The molecule has 0 radical (unpaired) electrons. The third kappa shape index (κ3) is 1.40. The molecular weight excluding hydrogens is 174 g/mol. The summed E-state index contributed by atoms with van der Waals surface area (Å²) in [5, 5.41) is 3.51. The fourth-order valence-electron chi connectivity index (χ4n) is 2.20. The van der Waals surface area contributed by atoms with Crippen molar-refractivity contribution in [1.29, 1.82) is 0 Å². The van der Waals surface area contributed by atoms with E-state index in [4.69, 9.17) is 4.74 Å². The van der Waals surface area contributed by atoms with Crippen LogP contribution < -0.4 is 10.1 Å². The Morgan fingerprint density at radius 3 is 2.86 bits per heavy atom. The molecule has 0 spiro atoms. The number of benzene rings is 1. The summed E-state index contributed by atoms with van der Waals surface area (Å²) in [6.07, 6.45) is 1.06. The molecule has 2 rings (SSSR count). The minimum atomic E-state index is 0.0716. The molecule has 1 aromatic carbocycles. The Balaban J connectivity index is 2.55. The van der Waals surface area contributed by atoms with Gasteiger partial charge < -0.3 is 10.1 Å². The minimum absolute atomic E-state index is 0.0716. The molecule has 2 nitrogen and oxygen atoms in total. The number of hydrogen-bond acceptors (Lipinski definition) is 2. The van der Waals surface area contributed by atoms with Gasteiger partial charge in [0.1, 0.15) is 5.75 Å². The maximum Gasteiger partial charge on any atom is 0.122 e. The summed E-state index contributed by atoms with van der Waals surface area (Å²) in [5.74, 6) is 1.03. The van der Waals surface area contributed by atoms with E-state index < -0.39 is 0 Å². The van der Waals surface area contributed by atoms with Crippen LogP contribution in [0.15, 0.2) is 18.2 Å². The number of nitrogens with one attached hydrogen (secondary N) is 1. The van der Waals surface area contributed by atoms with Crippen LogP contribution in [0.3, 0.4) is 0 Å². The van der Waals surface area contributed by atoms with Gasteiger partial charge >= 0.3 is 0 Å². The predicted molar refractivity (Wildman–Crippen MR) is 57.7 cm³/mol. The zero-order valence-corrected chi connectivity index (χ0v) is 9.05. The van der Waals surface area contributed by atoms with Crippen LogP contribution in [-0.4, -0.2) is 13.7 Å². The molecule has 0 bridgehead atoms. The molecule has 0 amide bonds. The van der Waals surface area contributed by atoms with Gasteiger partial charge in [-0.15, -0.1) is 0 Å². The highest BCUT2D eigenvalue weighted by atomic mass is 16.5. The molecule has 1 aromatic rings. The van der Waals surface area contributed by atoms with Gasteiger partial charge in [0.15, 0.2) is 0 Å². The fourth-order valence-corrected chi connectivity index (χ4v) is 2.20. The van der Waals surface area contributed by atoms with Gasteiger partial charge in [-0.25, -0.2) is 0 Å². The molecule has 0 aromatic heterocycles. The monoisotopic (exact) mass is 191 g/mol. The molecule has 1 N–H and O–H groups in total. The average molecular weight is 191 g/mol. The van der Waals surface area contributed by atoms with Gasteiger partial charge in [0, 0.05) is 17.6 Å². The van der Waals surface area contributed by atoms with Crippen LogP contribution in [0, 0.1) is 0 Å². The number of rotatable bonds is 1.